The molecule has 1 amide bonds. The van der Waals surface area contributed by atoms with E-state index in [2.05, 4.69) is 27.2 Å². The second-order valence-electron chi connectivity index (χ2n) is 21.3. The van der Waals surface area contributed by atoms with E-state index in [0.29, 0.717) is 57.9 Å². The van der Waals surface area contributed by atoms with E-state index in [4.69, 9.17) is 23.7 Å². The normalized spacial score (nSPS) is 16.4. The highest BCUT2D eigenvalue weighted by atomic mass is 16.6. The second-order valence-corrected chi connectivity index (χ2v) is 21.3. The Balaban J connectivity index is 0.000000187. The number of benzene rings is 4. The summed E-state index contributed by atoms with van der Waals surface area (Å²) in [5, 5.41) is 25.1. The van der Waals surface area contributed by atoms with Crippen molar-refractivity contribution >= 4 is 27.9 Å². The zero-order valence-corrected chi connectivity index (χ0v) is 44.3. The Labute approximate surface area is 439 Å². The molecule has 10 rings (SSSR count). The van der Waals surface area contributed by atoms with Crippen molar-refractivity contribution in [2.45, 2.75) is 117 Å². The molecule has 400 valence electrons. The molecule has 0 aliphatic carbocycles. The van der Waals surface area contributed by atoms with Crippen molar-refractivity contribution in [1.82, 2.24) is 29.2 Å². The number of piperidine rings is 2. The van der Waals surface area contributed by atoms with Crippen molar-refractivity contribution in [3.8, 4) is 23.0 Å². The molecule has 0 radical (unpaired) electrons. The van der Waals surface area contributed by atoms with Crippen molar-refractivity contribution in [3.05, 3.63) is 139 Å². The van der Waals surface area contributed by atoms with E-state index in [9.17, 15) is 24.6 Å². The van der Waals surface area contributed by atoms with E-state index >= 15 is 0 Å². The number of aromatic nitrogens is 2. The number of aliphatic hydroxyl groups excluding tert-OH is 2. The lowest BCUT2D eigenvalue weighted by atomic mass is 10.0. The molecule has 0 bridgehead atoms. The quantitative estimate of drug-likeness (QED) is 0.0995. The topological polar surface area (TPSA) is 169 Å². The van der Waals surface area contributed by atoms with E-state index in [-0.39, 0.29) is 36.5 Å². The summed E-state index contributed by atoms with van der Waals surface area (Å²) in [5.74, 6) is 3.10. The van der Waals surface area contributed by atoms with E-state index in [1.165, 1.54) is 5.56 Å². The number of aliphatic hydroxyl groups is 2. The molecule has 2 saturated heterocycles. The van der Waals surface area contributed by atoms with Crippen LogP contribution in [0.1, 0.15) is 79.8 Å². The fraction of sp³-hybridized carbons (Fsp3) is 0.475. The molecule has 0 spiro atoms. The maximum atomic E-state index is 13.4. The monoisotopic (exact) mass is 1030 g/mol. The smallest absolute Gasteiger partial charge is 0.410 e. The van der Waals surface area contributed by atoms with Gasteiger partial charge < -0.3 is 63.0 Å². The van der Waals surface area contributed by atoms with Gasteiger partial charge in [-0.05, 0) is 155 Å². The first-order valence-corrected chi connectivity index (χ1v) is 26.6. The number of nitrogens with one attached hydrogen (secondary N) is 1. The number of amides is 1. The largest absolute Gasteiger partial charge is 0.486 e. The molecule has 75 heavy (non-hydrogen) atoms. The molecule has 0 unspecified atom stereocenters. The average molecular weight is 1030 g/mol. The summed E-state index contributed by atoms with van der Waals surface area (Å²) in [6, 6.07) is 27.4. The molecule has 6 heterocycles. The van der Waals surface area contributed by atoms with Gasteiger partial charge in [0.2, 0.25) is 0 Å². The van der Waals surface area contributed by atoms with Gasteiger partial charge in [-0.25, -0.2) is 4.79 Å². The number of aryl methyl sites for hydroxylation is 2. The lowest BCUT2D eigenvalue weighted by Gasteiger charge is -2.39. The van der Waals surface area contributed by atoms with Crippen molar-refractivity contribution in [1.29, 1.82) is 0 Å². The summed E-state index contributed by atoms with van der Waals surface area (Å²) in [4.78, 5) is 45.5. The van der Waals surface area contributed by atoms with E-state index in [0.717, 1.165) is 138 Å². The molecule has 2 fully saturated rings. The van der Waals surface area contributed by atoms with Crippen LogP contribution in [0.5, 0.6) is 23.0 Å². The molecule has 0 saturated carbocycles. The van der Waals surface area contributed by atoms with Crippen LogP contribution in [0.15, 0.2) is 94.5 Å². The van der Waals surface area contributed by atoms with Gasteiger partial charge in [0.15, 0.2) is 23.0 Å². The van der Waals surface area contributed by atoms with Crippen LogP contribution in [0.25, 0.3) is 21.8 Å². The first-order valence-electron chi connectivity index (χ1n) is 26.6. The third-order valence-corrected chi connectivity index (χ3v) is 14.7. The predicted octanol–water partition coefficient (Wildman–Crippen LogP) is 7.30. The van der Waals surface area contributed by atoms with Crippen molar-refractivity contribution in [2.75, 3.05) is 65.7 Å². The molecule has 4 aliphatic heterocycles. The van der Waals surface area contributed by atoms with Crippen LogP contribution < -0.4 is 35.4 Å². The number of carbonyl (C=O) groups excluding carboxylic acids is 1. The maximum Gasteiger partial charge on any atom is 0.410 e. The van der Waals surface area contributed by atoms with E-state index in [1.54, 1.807) is 18.2 Å². The summed E-state index contributed by atoms with van der Waals surface area (Å²) in [5.41, 5.74) is 7.08. The number of hydrogen-bond acceptors (Lipinski definition) is 13. The Morgan fingerprint density at radius 3 is 1.57 bits per heavy atom. The number of likely N-dealkylation sites (tertiary alicyclic amines) is 2. The van der Waals surface area contributed by atoms with Gasteiger partial charge in [0.05, 0.1) is 24.2 Å². The highest BCUT2D eigenvalue weighted by Gasteiger charge is 2.32. The van der Waals surface area contributed by atoms with Gasteiger partial charge in [-0.2, -0.15) is 0 Å². The van der Waals surface area contributed by atoms with Crippen LogP contribution in [-0.2, 0) is 44.1 Å². The Morgan fingerprint density at radius 1 is 0.613 bits per heavy atom. The average Bonchev–Trinajstić information content (AvgIpc) is 3.41. The number of nitrogens with zero attached hydrogens (tertiary/aromatic N) is 5. The van der Waals surface area contributed by atoms with E-state index in [1.807, 2.05) is 103 Å². The fourth-order valence-corrected chi connectivity index (χ4v) is 10.8. The molecule has 3 N–H and O–H groups in total. The number of hydrogen-bond donors (Lipinski definition) is 3. The molecule has 16 heteroatoms. The number of carbonyl (C=O) groups is 1. The van der Waals surface area contributed by atoms with E-state index < -0.39 is 5.60 Å². The zero-order valence-electron chi connectivity index (χ0n) is 44.3. The van der Waals surface area contributed by atoms with Crippen LogP contribution in [0, 0.1) is 13.8 Å². The summed E-state index contributed by atoms with van der Waals surface area (Å²) in [6.45, 7) is 19.5. The van der Waals surface area contributed by atoms with Crippen LogP contribution >= 0.6 is 0 Å². The first-order chi connectivity index (χ1) is 36.2. The predicted molar refractivity (Wildman–Crippen MR) is 290 cm³/mol. The zero-order chi connectivity index (χ0) is 52.6. The number of ether oxygens (including phenoxy) is 5. The fourth-order valence-electron chi connectivity index (χ4n) is 10.8. The van der Waals surface area contributed by atoms with Gasteiger partial charge in [-0.1, -0.05) is 24.3 Å². The molecule has 6 aromatic rings. The Hall–Kier alpha value is -6.43. The highest BCUT2D eigenvalue weighted by Crippen LogP contribution is 2.33. The number of rotatable bonds is 14. The van der Waals surface area contributed by atoms with Gasteiger partial charge in [0, 0.05) is 87.3 Å². The van der Waals surface area contributed by atoms with Crippen molar-refractivity contribution in [2.24, 2.45) is 0 Å². The summed E-state index contributed by atoms with van der Waals surface area (Å²) in [6.07, 6.45) is 3.47. The molecule has 4 aromatic carbocycles. The maximum absolute atomic E-state index is 13.4. The lowest BCUT2D eigenvalue weighted by molar-refractivity contribution is 0.00561. The molecule has 0 atom stereocenters. The van der Waals surface area contributed by atoms with Crippen LogP contribution in [0.4, 0.5) is 4.79 Å². The van der Waals surface area contributed by atoms with Gasteiger partial charge in [-0.3, -0.25) is 9.59 Å². The Bertz CT molecular complexity index is 3080. The van der Waals surface area contributed by atoms with Crippen LogP contribution in [0.2, 0.25) is 0 Å². The Kier molecular flexibility index (Phi) is 17.1. The van der Waals surface area contributed by atoms with Gasteiger partial charge in [0.1, 0.15) is 32.0 Å². The molecule has 16 nitrogen and oxygen atoms in total. The van der Waals surface area contributed by atoms with Gasteiger partial charge >= 0.3 is 6.09 Å². The minimum atomic E-state index is -0.594. The molecular formula is C59H74N6O10. The minimum Gasteiger partial charge on any atom is -0.486 e. The minimum absolute atomic E-state index is 0.0120. The summed E-state index contributed by atoms with van der Waals surface area (Å²) in [7, 11) is 0. The Morgan fingerprint density at radius 2 is 1.08 bits per heavy atom. The lowest BCUT2D eigenvalue weighted by Crippen LogP contribution is -2.49. The standard InChI is InChI=1S/C32H41N3O6.C27H33N3O4/c1-22-17-24(21-36)26-6-8-30(37)34(27(26)18-22)14-13-33-11-9-25(10-12-33)35(31(38)41-32(2,3)4)20-23-5-7-28-29(19-23)40-16-15-39-28;1-19-14-21(18-31)23-3-5-27(32)30(24(23)15-19)11-10-29-8-6-22(7-9-29)28-17-20-2-4-25-26(16-20)34-13-12-33-25/h5-8,17-19,25,36H,9-16,20-21H2,1-4H3;2-5,14-16,22,28,31H,6-13,17-18H2,1H3. The third-order valence-electron chi connectivity index (χ3n) is 14.7. The van der Waals surface area contributed by atoms with Crippen LogP contribution in [0.3, 0.4) is 0 Å². The molecular weight excluding hydrogens is 953 g/mol. The molecule has 2 aromatic heterocycles. The van der Waals surface area contributed by atoms with Gasteiger partial charge in [-0.15, -0.1) is 0 Å². The SMILES string of the molecule is Cc1cc(CO)c2ccc(=O)n(CCN3CCC(N(Cc4ccc5c(c4)OCCO5)C(=O)OC(C)(C)C)CC3)c2c1.Cc1cc(CO)c2ccc(=O)n(CCN3CCC(NCc4ccc5c(c4)OCCO5)CC3)c2c1. The van der Waals surface area contributed by atoms with Crippen molar-refractivity contribution < 1.29 is 38.7 Å². The van der Waals surface area contributed by atoms with Crippen LogP contribution in [-0.4, -0.2) is 124 Å². The summed E-state index contributed by atoms with van der Waals surface area (Å²) < 4.78 is 32.2. The number of pyridine rings is 2. The summed E-state index contributed by atoms with van der Waals surface area (Å²) >= 11 is 0. The second kappa shape index (κ2) is 24.1. The van der Waals surface area contributed by atoms with Crippen molar-refractivity contribution in [3.63, 3.8) is 0 Å². The number of fused-ring (bicyclic) bond motifs is 4. The van der Waals surface area contributed by atoms with Gasteiger partial charge in [0.25, 0.3) is 11.1 Å². The molecule has 4 aliphatic rings. The highest BCUT2D eigenvalue weighted by molar-refractivity contribution is 5.84. The third kappa shape index (κ3) is 13.3. The first kappa shape index (κ1) is 53.4.